The van der Waals surface area contributed by atoms with Gasteiger partial charge in [0.05, 0.1) is 5.97 Å². The quantitative estimate of drug-likeness (QED) is 0.402. The first-order chi connectivity index (χ1) is 7.91. The van der Waals surface area contributed by atoms with Crippen molar-refractivity contribution in [2.75, 3.05) is 0 Å². The van der Waals surface area contributed by atoms with E-state index in [1.165, 1.54) is 11.1 Å². The fourth-order valence-corrected chi connectivity index (χ4v) is 1.27. The molecule has 2 nitrogen and oxygen atoms in total. The number of carbonyl (C=O) groups is 1. The van der Waals surface area contributed by atoms with Gasteiger partial charge in [0.1, 0.15) is 0 Å². The molecule has 0 heterocycles. The van der Waals surface area contributed by atoms with Gasteiger partial charge < -0.3 is 9.90 Å². The summed E-state index contributed by atoms with van der Waals surface area (Å²) in [5, 5.41) is 10.3. The largest absolute Gasteiger partial charge is 0.545 e. The third kappa shape index (κ3) is 10.7. The molecule has 0 N–H and O–H groups in total. The van der Waals surface area contributed by atoms with Crippen LogP contribution in [-0.4, -0.2) is 5.97 Å². The summed E-state index contributed by atoms with van der Waals surface area (Å²) in [7, 11) is 0. The molecule has 0 saturated heterocycles. The van der Waals surface area contributed by atoms with Crippen LogP contribution in [0.5, 0.6) is 0 Å². The lowest BCUT2D eigenvalue weighted by Crippen LogP contribution is -2.19. The molecule has 0 bridgehead atoms. The highest BCUT2D eigenvalue weighted by Crippen LogP contribution is 2.07. The van der Waals surface area contributed by atoms with Crippen LogP contribution in [0.4, 0.5) is 0 Å². The van der Waals surface area contributed by atoms with Gasteiger partial charge in [-0.05, 0) is 52.2 Å². The van der Waals surface area contributed by atoms with E-state index >= 15 is 0 Å². The summed E-state index contributed by atoms with van der Waals surface area (Å²) in [5.74, 6) is -1.16. The maximum absolute atomic E-state index is 10.3. The van der Waals surface area contributed by atoms with Crippen LogP contribution in [0.2, 0.25) is 0 Å². The number of allylic oxidation sites excluding steroid dienone is 7. The second kappa shape index (κ2) is 8.57. The minimum atomic E-state index is -1.16. The molecule has 0 amide bonds. The molecule has 0 aliphatic carbocycles. The van der Waals surface area contributed by atoms with E-state index < -0.39 is 5.97 Å². The minimum absolute atomic E-state index is 0.679. The van der Waals surface area contributed by atoms with Gasteiger partial charge >= 0.3 is 0 Å². The second-order valence-electron chi connectivity index (χ2n) is 4.40. The molecule has 0 radical (unpaired) electrons. The first kappa shape index (κ1) is 15.4. The maximum Gasteiger partial charge on any atom is 0.0645 e. The van der Waals surface area contributed by atoms with Crippen LogP contribution in [0.1, 0.15) is 40.5 Å². The van der Waals surface area contributed by atoms with Crippen molar-refractivity contribution in [2.24, 2.45) is 0 Å². The molecule has 0 aromatic carbocycles. The smallest absolute Gasteiger partial charge is 0.0645 e. The van der Waals surface area contributed by atoms with E-state index in [1.54, 1.807) is 13.0 Å². The van der Waals surface area contributed by atoms with Crippen LogP contribution in [0, 0.1) is 0 Å². The average molecular weight is 233 g/mol. The van der Waals surface area contributed by atoms with Crippen molar-refractivity contribution < 1.29 is 9.90 Å². The van der Waals surface area contributed by atoms with Gasteiger partial charge in [-0.2, -0.15) is 0 Å². The average Bonchev–Trinajstić information content (AvgIpc) is 2.15. The fraction of sp³-hybridized carbons (Fsp3) is 0.400. The molecule has 0 rings (SSSR count). The van der Waals surface area contributed by atoms with Crippen molar-refractivity contribution in [1.29, 1.82) is 0 Å². The number of carboxylic acids is 1. The van der Waals surface area contributed by atoms with Crippen LogP contribution in [0.25, 0.3) is 0 Å². The molecular formula is C15H21O2-. The Labute approximate surface area is 104 Å². The Morgan fingerprint density at radius 1 is 1.18 bits per heavy atom. The number of carboxylic acid groups (broad SMARTS) is 1. The Balaban J connectivity index is 4.19. The normalized spacial score (nSPS) is 12.9. The lowest BCUT2D eigenvalue weighted by Gasteiger charge is -1.97. The highest BCUT2D eigenvalue weighted by Gasteiger charge is 1.87. The van der Waals surface area contributed by atoms with Gasteiger partial charge in [0.25, 0.3) is 0 Å². The molecule has 0 saturated carbocycles. The van der Waals surface area contributed by atoms with Crippen LogP contribution < -0.4 is 5.11 Å². The summed E-state index contributed by atoms with van der Waals surface area (Å²) >= 11 is 0. The van der Waals surface area contributed by atoms with Gasteiger partial charge in [-0.3, -0.25) is 0 Å². The number of hydrogen-bond donors (Lipinski definition) is 0. The van der Waals surface area contributed by atoms with Crippen molar-refractivity contribution in [3.05, 3.63) is 47.1 Å². The molecular weight excluding hydrogens is 212 g/mol. The Bertz CT molecular complexity index is 364. The first-order valence-electron chi connectivity index (χ1n) is 5.78. The summed E-state index contributed by atoms with van der Waals surface area (Å²) in [4.78, 5) is 10.3. The van der Waals surface area contributed by atoms with E-state index in [0.29, 0.717) is 5.57 Å². The summed E-state index contributed by atoms with van der Waals surface area (Å²) < 4.78 is 0. The van der Waals surface area contributed by atoms with Gasteiger partial charge in [0.15, 0.2) is 0 Å². The van der Waals surface area contributed by atoms with Gasteiger partial charge in [-0.25, -0.2) is 0 Å². The molecule has 94 valence electrons. The van der Waals surface area contributed by atoms with Gasteiger partial charge in [0, 0.05) is 0 Å². The molecule has 0 aromatic rings. The summed E-state index contributed by atoms with van der Waals surface area (Å²) in [5.41, 5.74) is 3.29. The zero-order chi connectivity index (χ0) is 13.3. The Kier molecular flexibility index (Phi) is 7.78. The van der Waals surface area contributed by atoms with Crippen LogP contribution in [-0.2, 0) is 4.79 Å². The van der Waals surface area contributed by atoms with Crippen molar-refractivity contribution in [3.63, 3.8) is 0 Å². The fourth-order valence-electron chi connectivity index (χ4n) is 1.27. The predicted molar refractivity (Wildman–Crippen MR) is 70.3 cm³/mol. The molecule has 2 heteroatoms. The van der Waals surface area contributed by atoms with Crippen molar-refractivity contribution in [2.45, 2.75) is 40.5 Å². The van der Waals surface area contributed by atoms with E-state index in [2.05, 4.69) is 26.8 Å². The Morgan fingerprint density at radius 2 is 1.82 bits per heavy atom. The minimum Gasteiger partial charge on any atom is -0.545 e. The molecule has 0 atom stereocenters. The van der Waals surface area contributed by atoms with Crippen LogP contribution in [0.3, 0.4) is 0 Å². The molecule has 0 spiro atoms. The van der Waals surface area contributed by atoms with E-state index in [0.717, 1.165) is 18.9 Å². The number of rotatable bonds is 6. The van der Waals surface area contributed by atoms with Gasteiger partial charge in [-0.1, -0.05) is 35.5 Å². The van der Waals surface area contributed by atoms with Crippen molar-refractivity contribution >= 4 is 5.97 Å². The molecule has 0 aliphatic rings. The zero-order valence-electron chi connectivity index (χ0n) is 11.1. The van der Waals surface area contributed by atoms with Crippen molar-refractivity contribution in [1.82, 2.24) is 0 Å². The number of carbonyl (C=O) groups excluding carboxylic acids is 1. The highest BCUT2D eigenvalue weighted by molar-refractivity contribution is 5.79. The van der Waals surface area contributed by atoms with E-state index in [9.17, 15) is 9.90 Å². The Hall–Kier alpha value is -1.57. The lowest BCUT2D eigenvalue weighted by molar-refractivity contribution is -0.297. The monoisotopic (exact) mass is 233 g/mol. The molecule has 0 unspecified atom stereocenters. The Morgan fingerprint density at radius 3 is 2.35 bits per heavy atom. The maximum atomic E-state index is 10.3. The third-order valence-corrected chi connectivity index (χ3v) is 2.18. The molecule has 0 aliphatic heterocycles. The topological polar surface area (TPSA) is 40.1 Å². The first-order valence-corrected chi connectivity index (χ1v) is 5.78. The summed E-state index contributed by atoms with van der Waals surface area (Å²) in [6, 6.07) is 0. The van der Waals surface area contributed by atoms with E-state index in [4.69, 9.17) is 0 Å². The van der Waals surface area contributed by atoms with Crippen LogP contribution in [0.15, 0.2) is 47.1 Å². The molecule has 17 heavy (non-hydrogen) atoms. The van der Waals surface area contributed by atoms with Gasteiger partial charge in [0.2, 0.25) is 0 Å². The van der Waals surface area contributed by atoms with E-state index in [1.807, 2.05) is 12.2 Å². The summed E-state index contributed by atoms with van der Waals surface area (Å²) in [6.07, 6.45) is 11.0. The highest BCUT2D eigenvalue weighted by atomic mass is 16.4. The van der Waals surface area contributed by atoms with Gasteiger partial charge in [-0.15, -0.1) is 0 Å². The third-order valence-electron chi connectivity index (χ3n) is 2.18. The standard InChI is InChI=1S/C15H22O2/c1-12(2)7-5-8-13(3)9-6-10-14(4)11-15(16)17/h6-7,9-11H,5,8H2,1-4H3,(H,16,17)/p-1/b10-6+,13-9+,14-11+. The van der Waals surface area contributed by atoms with E-state index in [-0.39, 0.29) is 0 Å². The molecule has 0 fully saturated rings. The predicted octanol–water partition coefficient (Wildman–Crippen LogP) is 2.93. The number of hydrogen-bond acceptors (Lipinski definition) is 2. The molecule has 0 aromatic heterocycles. The number of aliphatic carboxylic acids is 1. The SMILES string of the molecule is CC(C)=CCC/C(C)=C/C=C/C(C)=C/C(=O)[O-]. The van der Waals surface area contributed by atoms with Crippen LogP contribution >= 0.6 is 0 Å². The second-order valence-corrected chi connectivity index (χ2v) is 4.40. The lowest BCUT2D eigenvalue weighted by atomic mass is 10.1. The van der Waals surface area contributed by atoms with Crippen molar-refractivity contribution in [3.8, 4) is 0 Å². The zero-order valence-corrected chi connectivity index (χ0v) is 11.1. The summed E-state index contributed by atoms with van der Waals surface area (Å²) in [6.45, 7) is 7.99.